The summed E-state index contributed by atoms with van der Waals surface area (Å²) in [6.45, 7) is 7.60. The third kappa shape index (κ3) is 5.57. The third-order valence-electron chi connectivity index (χ3n) is 3.89. The second kappa shape index (κ2) is 9.16. The van der Waals surface area contributed by atoms with Crippen molar-refractivity contribution in [3.05, 3.63) is 71.8 Å². The van der Waals surface area contributed by atoms with Crippen LogP contribution in [0.25, 0.3) is 5.57 Å². The van der Waals surface area contributed by atoms with Crippen LogP contribution in [0.1, 0.15) is 42.9 Å². The standard InChI is InChI=1S/C21H26O2/c1-4-5-6-17(2)20-11-7-18(8-12-20)15-23-16-19-9-13-21(22-3)14-10-19/h7-14H,2,4-6,15-16H2,1,3H3. The molecule has 0 unspecified atom stereocenters. The summed E-state index contributed by atoms with van der Waals surface area (Å²) >= 11 is 0. The molecule has 0 fully saturated rings. The second-order valence-corrected chi connectivity index (χ2v) is 5.74. The quantitative estimate of drug-likeness (QED) is 0.599. The van der Waals surface area contributed by atoms with Crippen molar-refractivity contribution in [1.29, 1.82) is 0 Å². The minimum absolute atomic E-state index is 0.606. The molecule has 0 aliphatic rings. The van der Waals surface area contributed by atoms with Crippen molar-refractivity contribution in [2.24, 2.45) is 0 Å². The van der Waals surface area contributed by atoms with Crippen molar-refractivity contribution >= 4 is 5.57 Å². The summed E-state index contributed by atoms with van der Waals surface area (Å²) < 4.78 is 10.9. The van der Waals surface area contributed by atoms with Gasteiger partial charge in [0.15, 0.2) is 0 Å². The normalized spacial score (nSPS) is 10.5. The van der Waals surface area contributed by atoms with Crippen LogP contribution in [-0.2, 0) is 18.0 Å². The molecule has 122 valence electrons. The molecule has 0 radical (unpaired) electrons. The molecule has 0 aromatic heterocycles. The second-order valence-electron chi connectivity index (χ2n) is 5.74. The molecule has 2 rings (SSSR count). The van der Waals surface area contributed by atoms with E-state index in [9.17, 15) is 0 Å². The van der Waals surface area contributed by atoms with Gasteiger partial charge in [0.25, 0.3) is 0 Å². The summed E-state index contributed by atoms with van der Waals surface area (Å²) in [6, 6.07) is 16.5. The first kappa shape index (κ1) is 17.3. The smallest absolute Gasteiger partial charge is 0.118 e. The van der Waals surface area contributed by atoms with Crippen LogP contribution in [0.4, 0.5) is 0 Å². The highest BCUT2D eigenvalue weighted by molar-refractivity contribution is 5.63. The van der Waals surface area contributed by atoms with E-state index < -0.39 is 0 Å². The Morgan fingerprint density at radius 2 is 1.48 bits per heavy atom. The van der Waals surface area contributed by atoms with Gasteiger partial charge in [-0.1, -0.05) is 56.3 Å². The van der Waals surface area contributed by atoms with Crippen LogP contribution in [0.5, 0.6) is 5.75 Å². The summed E-state index contributed by atoms with van der Waals surface area (Å²) in [5, 5.41) is 0. The number of hydrogen-bond acceptors (Lipinski definition) is 2. The molecule has 0 spiro atoms. The predicted molar refractivity (Wildman–Crippen MR) is 96.5 cm³/mol. The number of allylic oxidation sites excluding steroid dienone is 1. The summed E-state index contributed by atoms with van der Waals surface area (Å²) in [5.74, 6) is 0.868. The molecular formula is C21H26O2. The minimum atomic E-state index is 0.606. The van der Waals surface area contributed by atoms with E-state index in [0.717, 1.165) is 17.7 Å². The van der Waals surface area contributed by atoms with Crippen molar-refractivity contribution in [2.75, 3.05) is 7.11 Å². The first-order valence-electron chi connectivity index (χ1n) is 8.20. The molecule has 23 heavy (non-hydrogen) atoms. The summed E-state index contributed by atoms with van der Waals surface area (Å²) in [6.07, 6.45) is 3.48. The fraction of sp³-hybridized carbons (Fsp3) is 0.333. The van der Waals surface area contributed by atoms with Gasteiger partial charge in [-0.3, -0.25) is 0 Å². The molecule has 0 saturated heterocycles. The van der Waals surface area contributed by atoms with Gasteiger partial charge in [0, 0.05) is 0 Å². The number of benzene rings is 2. The molecule has 0 N–H and O–H groups in total. The van der Waals surface area contributed by atoms with Gasteiger partial charge in [0.05, 0.1) is 20.3 Å². The van der Waals surface area contributed by atoms with Gasteiger partial charge in [-0.2, -0.15) is 0 Å². The summed E-state index contributed by atoms with van der Waals surface area (Å²) in [7, 11) is 1.67. The fourth-order valence-corrected chi connectivity index (χ4v) is 2.38. The molecule has 2 nitrogen and oxygen atoms in total. The highest BCUT2D eigenvalue weighted by Crippen LogP contribution is 2.19. The zero-order chi connectivity index (χ0) is 16.5. The van der Waals surface area contributed by atoms with Crippen molar-refractivity contribution in [3.63, 3.8) is 0 Å². The van der Waals surface area contributed by atoms with E-state index in [-0.39, 0.29) is 0 Å². The zero-order valence-corrected chi connectivity index (χ0v) is 14.2. The lowest BCUT2D eigenvalue weighted by atomic mass is 10.0. The Kier molecular flexibility index (Phi) is 6.89. The number of unbranched alkanes of at least 4 members (excludes halogenated alkanes) is 1. The molecular weight excluding hydrogens is 284 g/mol. The first-order chi connectivity index (χ1) is 11.2. The Hall–Kier alpha value is -2.06. The van der Waals surface area contributed by atoms with Gasteiger partial charge in [-0.25, -0.2) is 0 Å². The van der Waals surface area contributed by atoms with Gasteiger partial charge in [0.1, 0.15) is 5.75 Å². The van der Waals surface area contributed by atoms with Crippen molar-refractivity contribution < 1.29 is 9.47 Å². The third-order valence-corrected chi connectivity index (χ3v) is 3.89. The predicted octanol–water partition coefficient (Wildman–Crippen LogP) is 5.62. The lowest BCUT2D eigenvalue weighted by Crippen LogP contribution is -1.95. The number of methoxy groups -OCH3 is 1. The number of rotatable bonds is 9. The molecule has 0 atom stereocenters. The highest BCUT2D eigenvalue weighted by Gasteiger charge is 2.00. The van der Waals surface area contributed by atoms with E-state index in [1.165, 1.54) is 29.5 Å². The van der Waals surface area contributed by atoms with Gasteiger partial charge >= 0.3 is 0 Å². The lowest BCUT2D eigenvalue weighted by molar-refractivity contribution is 0.107. The largest absolute Gasteiger partial charge is 0.497 e. The van der Waals surface area contributed by atoms with E-state index in [4.69, 9.17) is 9.47 Å². The molecule has 0 heterocycles. The Bertz CT molecular complexity index is 597. The van der Waals surface area contributed by atoms with Gasteiger partial charge in [0.2, 0.25) is 0 Å². The molecule has 0 saturated carbocycles. The summed E-state index contributed by atoms with van der Waals surface area (Å²) in [4.78, 5) is 0. The highest BCUT2D eigenvalue weighted by atomic mass is 16.5. The number of hydrogen-bond donors (Lipinski definition) is 0. The zero-order valence-electron chi connectivity index (χ0n) is 14.2. The molecule has 2 aromatic rings. The molecule has 0 bridgehead atoms. The van der Waals surface area contributed by atoms with Crippen LogP contribution in [0, 0.1) is 0 Å². The maximum atomic E-state index is 5.78. The fourth-order valence-electron chi connectivity index (χ4n) is 2.38. The Balaban J connectivity index is 1.80. The molecule has 0 aliphatic carbocycles. The van der Waals surface area contributed by atoms with Crippen molar-refractivity contribution in [3.8, 4) is 5.75 Å². The maximum absolute atomic E-state index is 5.78. The van der Waals surface area contributed by atoms with Crippen molar-refractivity contribution in [2.45, 2.75) is 39.4 Å². The SMILES string of the molecule is C=C(CCCC)c1ccc(COCc2ccc(OC)cc2)cc1. The van der Waals surface area contributed by atoms with E-state index in [0.29, 0.717) is 13.2 Å². The molecule has 2 heteroatoms. The first-order valence-corrected chi connectivity index (χ1v) is 8.20. The average Bonchev–Trinajstić information content (AvgIpc) is 2.61. The Morgan fingerprint density at radius 3 is 2.00 bits per heavy atom. The average molecular weight is 310 g/mol. The molecule has 2 aromatic carbocycles. The Morgan fingerprint density at radius 1 is 0.913 bits per heavy atom. The van der Waals surface area contributed by atoms with Crippen LogP contribution >= 0.6 is 0 Å². The monoisotopic (exact) mass is 310 g/mol. The Labute approximate surface area is 139 Å². The topological polar surface area (TPSA) is 18.5 Å². The van der Waals surface area contributed by atoms with Crippen LogP contribution in [0.2, 0.25) is 0 Å². The van der Waals surface area contributed by atoms with Crippen molar-refractivity contribution in [1.82, 2.24) is 0 Å². The molecule has 0 aliphatic heterocycles. The van der Waals surface area contributed by atoms with E-state index in [1.807, 2.05) is 24.3 Å². The summed E-state index contributed by atoms with van der Waals surface area (Å²) in [5.41, 5.74) is 4.79. The number of ether oxygens (including phenoxy) is 2. The van der Waals surface area contributed by atoms with Crippen LogP contribution in [0.15, 0.2) is 55.1 Å². The minimum Gasteiger partial charge on any atom is -0.497 e. The van der Waals surface area contributed by atoms with Crippen LogP contribution in [0.3, 0.4) is 0 Å². The van der Waals surface area contributed by atoms with E-state index in [2.05, 4.69) is 37.8 Å². The van der Waals surface area contributed by atoms with E-state index in [1.54, 1.807) is 7.11 Å². The van der Waals surface area contributed by atoms with Gasteiger partial charge in [-0.05, 0) is 47.2 Å². The maximum Gasteiger partial charge on any atom is 0.118 e. The van der Waals surface area contributed by atoms with E-state index >= 15 is 0 Å². The molecule has 0 amide bonds. The lowest BCUT2D eigenvalue weighted by Gasteiger charge is -2.08. The van der Waals surface area contributed by atoms with Crippen LogP contribution < -0.4 is 4.74 Å². The van der Waals surface area contributed by atoms with Gasteiger partial charge in [-0.15, -0.1) is 0 Å². The van der Waals surface area contributed by atoms with Crippen LogP contribution in [-0.4, -0.2) is 7.11 Å². The van der Waals surface area contributed by atoms with Gasteiger partial charge < -0.3 is 9.47 Å².